The van der Waals surface area contributed by atoms with E-state index < -0.39 is 74.7 Å². The molecule has 6 atom stereocenters. The van der Waals surface area contributed by atoms with Crippen LogP contribution in [0.1, 0.15) is 24.3 Å². The zero-order valence-corrected chi connectivity index (χ0v) is 21.6. The van der Waals surface area contributed by atoms with Crippen LogP contribution in [0, 0.1) is 23.6 Å². The van der Waals surface area contributed by atoms with Gasteiger partial charge in [-0.25, -0.2) is 9.18 Å². The highest BCUT2D eigenvalue weighted by Gasteiger charge is 2.76. The molecular formula is C23H18BrCl2FN2O7. The average molecular weight is 604 g/mol. The number of benzene rings is 1. The lowest BCUT2D eigenvalue weighted by atomic mass is 9.56. The molecule has 1 aromatic rings. The van der Waals surface area contributed by atoms with Gasteiger partial charge in [0, 0.05) is 11.5 Å². The number of rotatable bonds is 2. The Morgan fingerprint density at radius 3 is 2.53 bits per heavy atom. The maximum absolute atomic E-state index is 14.5. The fraction of sp³-hybridized carbons (Fsp3) is 0.435. The summed E-state index contributed by atoms with van der Waals surface area (Å²) in [7, 11) is 1.03. The molecule has 0 radical (unpaired) electrons. The molecule has 1 saturated carbocycles. The molecule has 2 heterocycles. The van der Waals surface area contributed by atoms with Crippen LogP contribution in [0.4, 0.5) is 9.18 Å². The van der Waals surface area contributed by atoms with Gasteiger partial charge in [0.25, 0.3) is 11.8 Å². The summed E-state index contributed by atoms with van der Waals surface area (Å²) in [5.74, 6) is -9.30. The number of nitrogens with zero attached hydrogens (tertiary/aromatic N) is 2. The molecule has 0 aromatic heterocycles. The monoisotopic (exact) mass is 602 g/mol. The third kappa shape index (κ3) is 2.90. The summed E-state index contributed by atoms with van der Waals surface area (Å²) in [5.41, 5.74) is 0.0381. The number of amides is 5. The summed E-state index contributed by atoms with van der Waals surface area (Å²) in [6, 6.07) is 3.68. The first-order valence-electron chi connectivity index (χ1n) is 10.9. The minimum absolute atomic E-state index is 0.00763. The summed E-state index contributed by atoms with van der Waals surface area (Å²) in [4.78, 5) is 62.4. The molecule has 190 valence electrons. The van der Waals surface area contributed by atoms with Crippen LogP contribution in [0.5, 0.6) is 5.75 Å². The van der Waals surface area contributed by atoms with Crippen molar-refractivity contribution in [3.63, 3.8) is 0 Å². The first-order chi connectivity index (χ1) is 16.9. The normalized spacial score (nSPS) is 35.4. The molecule has 0 bridgehead atoms. The minimum Gasteiger partial charge on any atom is -0.505 e. The molecule has 2 saturated heterocycles. The van der Waals surface area contributed by atoms with Crippen molar-refractivity contribution in [3.05, 3.63) is 41.2 Å². The number of likely N-dealkylation sites (tertiary alicyclic amines) is 2. The molecule has 0 unspecified atom stereocenters. The maximum atomic E-state index is 14.5. The fourth-order valence-electron chi connectivity index (χ4n) is 6.13. The summed E-state index contributed by atoms with van der Waals surface area (Å²) >= 11 is 17.0. The number of allylic oxidation sites excluding steroid dienone is 2. The predicted octanol–water partition coefficient (Wildman–Crippen LogP) is 3.01. The molecular weight excluding hydrogens is 586 g/mol. The van der Waals surface area contributed by atoms with Crippen LogP contribution >= 0.6 is 39.1 Å². The van der Waals surface area contributed by atoms with E-state index in [0.29, 0.717) is 10.5 Å². The van der Waals surface area contributed by atoms with Gasteiger partial charge in [0.15, 0.2) is 21.3 Å². The van der Waals surface area contributed by atoms with Crippen molar-refractivity contribution in [1.29, 1.82) is 0 Å². The molecule has 3 fully saturated rings. The van der Waals surface area contributed by atoms with Crippen molar-refractivity contribution in [2.24, 2.45) is 17.8 Å². The third-order valence-electron chi connectivity index (χ3n) is 7.70. The van der Waals surface area contributed by atoms with Crippen molar-refractivity contribution in [3.8, 4) is 5.75 Å². The number of aromatic hydroxyl groups is 1. The van der Waals surface area contributed by atoms with Gasteiger partial charge in [-0.3, -0.25) is 24.1 Å². The molecule has 13 heteroatoms. The Kier molecular flexibility index (Phi) is 5.77. The number of halogens is 4. The van der Waals surface area contributed by atoms with Gasteiger partial charge in [-0.05, 0) is 24.8 Å². The summed E-state index contributed by atoms with van der Waals surface area (Å²) in [6.07, 6.45) is 0.163. The van der Waals surface area contributed by atoms with E-state index in [0.717, 1.165) is 18.1 Å². The topological polar surface area (TPSA) is 121 Å². The number of para-hydroxylation sites is 1. The minimum atomic E-state index is -2.17. The van der Waals surface area contributed by atoms with Crippen molar-refractivity contribution in [2.45, 2.75) is 28.5 Å². The second kappa shape index (κ2) is 8.26. The van der Waals surface area contributed by atoms with E-state index in [9.17, 15) is 33.5 Å². The Bertz CT molecular complexity index is 1290. The standard InChI is InChI=1S/C23H18BrCl2FN2O7/c1-36-21(35)29-17(31)10-6-5-9-12(14(10)18(29)32)7-22(25)19(33)28(8-24)20(34)23(22,26)15(9)11-3-2-4-13(27)16(11)30/h2-5,10,12,14-15,30H,6-8H2,1H3/t10-,12+,14-,15+,22+,23-/m0/s1. The van der Waals surface area contributed by atoms with E-state index in [1.54, 1.807) is 6.08 Å². The van der Waals surface area contributed by atoms with E-state index >= 15 is 0 Å². The van der Waals surface area contributed by atoms with Gasteiger partial charge < -0.3 is 9.84 Å². The molecule has 5 rings (SSSR count). The van der Waals surface area contributed by atoms with Crippen LogP contribution in [-0.4, -0.2) is 66.9 Å². The Labute approximate surface area is 222 Å². The number of carbonyl (C=O) groups excluding carboxylic acids is 5. The van der Waals surface area contributed by atoms with Crippen LogP contribution in [0.25, 0.3) is 0 Å². The first-order valence-corrected chi connectivity index (χ1v) is 12.8. The maximum Gasteiger partial charge on any atom is 0.423 e. The SMILES string of the molecule is COC(=O)N1C(=O)[C@H]2[C@H](CC=C3[C@H]2C[C@@]2(Cl)C(=O)N(CBr)C(=O)[C@@]2(Cl)[C@H]3c2cccc(F)c2O)C1=O. The predicted molar refractivity (Wildman–Crippen MR) is 126 cm³/mol. The fourth-order valence-corrected chi connectivity index (χ4v) is 7.55. The lowest BCUT2D eigenvalue weighted by Crippen LogP contribution is -2.60. The van der Waals surface area contributed by atoms with Crippen LogP contribution in [0.15, 0.2) is 29.8 Å². The Morgan fingerprint density at radius 2 is 1.89 bits per heavy atom. The molecule has 0 spiro atoms. The molecule has 9 nitrogen and oxygen atoms in total. The second-order valence-corrected chi connectivity index (χ2v) is 10.9. The Morgan fingerprint density at radius 1 is 1.19 bits per heavy atom. The molecule has 2 aliphatic heterocycles. The molecule has 36 heavy (non-hydrogen) atoms. The molecule has 2 aliphatic carbocycles. The quantitative estimate of drug-likeness (QED) is 0.239. The highest BCUT2D eigenvalue weighted by atomic mass is 79.9. The molecule has 5 amide bonds. The van der Waals surface area contributed by atoms with Gasteiger partial charge in [-0.15, -0.1) is 23.2 Å². The van der Waals surface area contributed by atoms with E-state index in [2.05, 4.69) is 20.7 Å². The molecule has 4 aliphatic rings. The number of carbonyl (C=O) groups is 5. The first kappa shape index (κ1) is 25.2. The van der Waals surface area contributed by atoms with Crippen LogP contribution in [0.3, 0.4) is 0 Å². The summed E-state index contributed by atoms with van der Waals surface area (Å²) < 4.78 is 19.1. The highest BCUT2D eigenvalue weighted by Crippen LogP contribution is 2.66. The van der Waals surface area contributed by atoms with E-state index in [1.807, 2.05) is 0 Å². The highest BCUT2D eigenvalue weighted by molar-refractivity contribution is 9.09. The number of phenolic OH excluding ortho intramolecular Hbond substituents is 1. The number of hydrogen-bond acceptors (Lipinski definition) is 7. The largest absolute Gasteiger partial charge is 0.505 e. The van der Waals surface area contributed by atoms with Crippen molar-refractivity contribution in [2.75, 3.05) is 12.6 Å². The number of methoxy groups -OCH3 is 1. The Balaban J connectivity index is 1.74. The van der Waals surface area contributed by atoms with E-state index in [1.165, 1.54) is 12.1 Å². The lowest BCUT2D eigenvalue weighted by Gasteiger charge is -2.50. The average Bonchev–Trinajstić information content (AvgIpc) is 3.19. The van der Waals surface area contributed by atoms with Crippen molar-refractivity contribution >= 4 is 68.9 Å². The number of hydrogen-bond donors (Lipinski definition) is 1. The van der Waals surface area contributed by atoms with Gasteiger partial charge in [0.1, 0.15) is 0 Å². The number of phenols is 1. The van der Waals surface area contributed by atoms with Crippen molar-refractivity contribution < 1.29 is 38.2 Å². The van der Waals surface area contributed by atoms with Crippen LogP contribution < -0.4 is 0 Å². The van der Waals surface area contributed by atoms with Crippen molar-refractivity contribution in [1.82, 2.24) is 9.80 Å². The van der Waals surface area contributed by atoms with E-state index in [4.69, 9.17) is 23.2 Å². The van der Waals surface area contributed by atoms with Crippen LogP contribution in [0.2, 0.25) is 0 Å². The number of imide groups is 4. The smallest absolute Gasteiger partial charge is 0.423 e. The van der Waals surface area contributed by atoms with Gasteiger partial charge in [0.2, 0.25) is 11.8 Å². The zero-order chi connectivity index (χ0) is 26.3. The lowest BCUT2D eigenvalue weighted by molar-refractivity contribution is -0.140. The number of fused-ring (bicyclic) bond motifs is 4. The second-order valence-electron chi connectivity index (χ2n) is 9.15. The van der Waals surface area contributed by atoms with E-state index in [-0.39, 0.29) is 23.9 Å². The van der Waals surface area contributed by atoms with Gasteiger partial charge >= 0.3 is 6.09 Å². The van der Waals surface area contributed by atoms with Gasteiger partial charge in [-0.2, -0.15) is 4.90 Å². The zero-order valence-electron chi connectivity index (χ0n) is 18.5. The Hall–Kier alpha value is -2.50. The van der Waals surface area contributed by atoms with Gasteiger partial charge in [-0.1, -0.05) is 39.7 Å². The third-order valence-corrected chi connectivity index (χ3v) is 9.62. The molecule has 1 N–H and O–H groups in total. The van der Waals surface area contributed by atoms with Gasteiger partial charge in [0.05, 0.1) is 24.4 Å². The summed E-state index contributed by atoms with van der Waals surface area (Å²) in [6.45, 7) is 0. The van der Waals surface area contributed by atoms with Crippen LogP contribution in [-0.2, 0) is 23.9 Å². The number of ether oxygens (including phenoxy) is 1. The summed E-state index contributed by atoms with van der Waals surface area (Å²) in [5, 5.41) is 10.6. The molecule has 1 aromatic carbocycles. The number of alkyl halides is 3.